The Bertz CT molecular complexity index is 605. The summed E-state index contributed by atoms with van der Waals surface area (Å²) in [6.07, 6.45) is 2.30. The number of sulfonamides is 1. The second kappa shape index (κ2) is 6.29. The third-order valence-electron chi connectivity index (χ3n) is 2.45. The summed E-state index contributed by atoms with van der Waals surface area (Å²) in [5, 5.41) is 6.55. The minimum absolute atomic E-state index is 0.103. The largest absolute Gasteiger partial charge is 0.360 e. The second-order valence-corrected chi connectivity index (χ2v) is 7.04. The van der Waals surface area contributed by atoms with Crippen molar-refractivity contribution in [1.82, 2.24) is 15.2 Å². The molecule has 0 aliphatic rings. The van der Waals surface area contributed by atoms with E-state index in [1.54, 1.807) is 12.1 Å². The van der Waals surface area contributed by atoms with Crippen molar-refractivity contribution in [3.8, 4) is 0 Å². The van der Waals surface area contributed by atoms with Crippen LogP contribution in [0.2, 0.25) is 0 Å². The van der Waals surface area contributed by atoms with Crippen molar-refractivity contribution in [3.63, 3.8) is 0 Å². The molecule has 0 unspecified atom stereocenters. The minimum atomic E-state index is -3.48. The van der Waals surface area contributed by atoms with E-state index in [0.29, 0.717) is 9.97 Å². The molecule has 0 atom stereocenters. The van der Waals surface area contributed by atoms with Crippen LogP contribution in [0.15, 0.2) is 33.1 Å². The highest BCUT2D eigenvalue weighted by Crippen LogP contribution is 2.21. The van der Waals surface area contributed by atoms with E-state index in [1.807, 2.05) is 13.1 Å². The molecular formula is C11H15N3O3S2. The number of hydrogen-bond acceptors (Lipinski definition) is 6. The fourth-order valence-corrected chi connectivity index (χ4v) is 3.85. The number of hydrogen-bond donors (Lipinski definition) is 2. The summed E-state index contributed by atoms with van der Waals surface area (Å²) in [7, 11) is -1.61. The van der Waals surface area contributed by atoms with Crippen LogP contribution in [-0.4, -0.2) is 27.2 Å². The lowest BCUT2D eigenvalue weighted by Gasteiger charge is -2.01. The number of nitrogens with one attached hydrogen (secondary N) is 2. The van der Waals surface area contributed by atoms with E-state index in [4.69, 9.17) is 4.52 Å². The maximum Gasteiger partial charge on any atom is 0.250 e. The molecule has 0 aliphatic carbocycles. The lowest BCUT2D eigenvalue weighted by molar-refractivity contribution is 0.380. The van der Waals surface area contributed by atoms with Gasteiger partial charge in [-0.3, -0.25) is 0 Å². The smallest absolute Gasteiger partial charge is 0.250 e. The fraction of sp³-hybridized carbons (Fsp3) is 0.364. The number of nitrogens with zero attached hydrogens (tertiary/aromatic N) is 1. The van der Waals surface area contributed by atoms with Crippen molar-refractivity contribution in [3.05, 3.63) is 35.0 Å². The number of aromatic nitrogens is 1. The summed E-state index contributed by atoms with van der Waals surface area (Å²) in [6.45, 7) is 0.928. The average molecular weight is 301 g/mol. The van der Waals surface area contributed by atoms with Crippen LogP contribution in [0, 0.1) is 0 Å². The van der Waals surface area contributed by atoms with Gasteiger partial charge in [0.1, 0.15) is 4.21 Å². The summed E-state index contributed by atoms with van der Waals surface area (Å²) in [5.74, 6) is 0.482. The molecule has 2 aromatic rings. The van der Waals surface area contributed by atoms with Gasteiger partial charge in [-0.25, -0.2) is 13.1 Å². The van der Waals surface area contributed by atoms with E-state index in [2.05, 4.69) is 15.2 Å². The van der Waals surface area contributed by atoms with Gasteiger partial charge in [0, 0.05) is 10.9 Å². The Labute approximate surface area is 115 Å². The zero-order chi connectivity index (χ0) is 13.7. The molecule has 2 rings (SSSR count). The summed E-state index contributed by atoms with van der Waals surface area (Å²) in [5.41, 5.74) is 0. The second-order valence-electron chi connectivity index (χ2n) is 3.88. The number of thiophene rings is 1. The molecule has 0 aliphatic heterocycles. The Morgan fingerprint density at radius 3 is 2.89 bits per heavy atom. The Hall–Kier alpha value is -1.22. The van der Waals surface area contributed by atoms with Crippen molar-refractivity contribution in [1.29, 1.82) is 0 Å². The van der Waals surface area contributed by atoms with Crippen LogP contribution in [0.25, 0.3) is 0 Å². The zero-order valence-corrected chi connectivity index (χ0v) is 12.1. The molecule has 0 fully saturated rings. The summed E-state index contributed by atoms with van der Waals surface area (Å²) in [6, 6.07) is 5.08. The summed E-state index contributed by atoms with van der Waals surface area (Å²) in [4.78, 5) is 1.04. The molecule has 19 heavy (non-hydrogen) atoms. The Morgan fingerprint density at radius 1 is 1.37 bits per heavy atom. The first-order valence-corrected chi connectivity index (χ1v) is 8.04. The van der Waals surface area contributed by atoms with Crippen LogP contribution >= 0.6 is 11.3 Å². The average Bonchev–Trinajstić information content (AvgIpc) is 3.05. The molecule has 8 heteroatoms. The maximum absolute atomic E-state index is 12.0. The highest BCUT2D eigenvalue weighted by Gasteiger charge is 2.17. The van der Waals surface area contributed by atoms with Gasteiger partial charge in [0.05, 0.1) is 12.7 Å². The predicted molar refractivity (Wildman–Crippen MR) is 72.5 cm³/mol. The molecule has 104 valence electrons. The number of likely N-dealkylation sites (N-methyl/N-ethyl adjacent to an activating group) is 1. The van der Waals surface area contributed by atoms with E-state index >= 15 is 0 Å². The third kappa shape index (κ3) is 3.87. The van der Waals surface area contributed by atoms with Crippen molar-refractivity contribution in [2.75, 3.05) is 13.6 Å². The van der Waals surface area contributed by atoms with Gasteiger partial charge in [-0.2, -0.15) is 0 Å². The van der Waals surface area contributed by atoms with Gasteiger partial charge < -0.3 is 9.84 Å². The predicted octanol–water partition coefficient (Wildman–Crippen LogP) is 0.977. The molecule has 0 saturated heterocycles. The van der Waals surface area contributed by atoms with E-state index in [0.717, 1.165) is 17.8 Å². The first-order valence-electron chi connectivity index (χ1n) is 5.74. The van der Waals surface area contributed by atoms with Gasteiger partial charge in [-0.1, -0.05) is 5.16 Å². The van der Waals surface area contributed by atoms with Crippen molar-refractivity contribution in [2.45, 2.75) is 17.2 Å². The molecule has 0 aromatic carbocycles. The number of rotatable bonds is 7. The Balaban J connectivity index is 2.00. The summed E-state index contributed by atoms with van der Waals surface area (Å²) < 4.78 is 31.7. The van der Waals surface area contributed by atoms with Crippen LogP contribution < -0.4 is 10.0 Å². The van der Waals surface area contributed by atoms with Crippen LogP contribution in [-0.2, 0) is 23.0 Å². The normalized spacial score (nSPS) is 11.8. The van der Waals surface area contributed by atoms with Gasteiger partial charge in [-0.05, 0) is 32.1 Å². The molecule has 0 saturated carbocycles. The van der Waals surface area contributed by atoms with E-state index < -0.39 is 10.0 Å². The van der Waals surface area contributed by atoms with Crippen LogP contribution in [0.4, 0.5) is 0 Å². The molecule has 6 nitrogen and oxygen atoms in total. The van der Waals surface area contributed by atoms with Crippen molar-refractivity contribution >= 4 is 21.4 Å². The zero-order valence-electron chi connectivity index (χ0n) is 10.4. The molecule has 2 N–H and O–H groups in total. The van der Waals surface area contributed by atoms with Crippen LogP contribution in [0.5, 0.6) is 0 Å². The Kier molecular flexibility index (Phi) is 4.70. The van der Waals surface area contributed by atoms with E-state index in [9.17, 15) is 8.42 Å². The van der Waals surface area contributed by atoms with Crippen molar-refractivity contribution in [2.24, 2.45) is 0 Å². The van der Waals surface area contributed by atoms with Crippen LogP contribution in [0.3, 0.4) is 0 Å². The van der Waals surface area contributed by atoms with Crippen LogP contribution in [0.1, 0.15) is 10.6 Å². The minimum Gasteiger partial charge on any atom is -0.360 e. The van der Waals surface area contributed by atoms with E-state index in [1.165, 1.54) is 17.5 Å². The lowest BCUT2D eigenvalue weighted by atomic mass is 10.3. The lowest BCUT2D eigenvalue weighted by Crippen LogP contribution is -2.22. The molecule has 0 radical (unpaired) electrons. The molecule has 2 heterocycles. The fourth-order valence-electron chi connectivity index (χ4n) is 1.46. The standard InChI is InChI=1S/C11H15N3O3S2/c1-12-6-5-10-2-3-11(18-10)19(15,16)14-8-9-4-7-13-17-9/h2-4,7,12,14H,5-6,8H2,1H3. The first-order chi connectivity index (χ1) is 9.12. The molecule has 2 aromatic heterocycles. The van der Waals surface area contributed by atoms with Gasteiger partial charge in [0.2, 0.25) is 10.0 Å². The first kappa shape index (κ1) is 14.2. The monoisotopic (exact) mass is 301 g/mol. The van der Waals surface area contributed by atoms with Gasteiger partial charge >= 0.3 is 0 Å². The van der Waals surface area contributed by atoms with Gasteiger partial charge in [0.15, 0.2) is 5.76 Å². The van der Waals surface area contributed by atoms with E-state index in [-0.39, 0.29) is 6.54 Å². The SMILES string of the molecule is CNCCc1ccc(S(=O)(=O)NCc2ccno2)s1. The van der Waals surface area contributed by atoms with Gasteiger partial charge in [0.25, 0.3) is 0 Å². The van der Waals surface area contributed by atoms with Gasteiger partial charge in [-0.15, -0.1) is 11.3 Å². The highest BCUT2D eigenvalue weighted by atomic mass is 32.2. The quantitative estimate of drug-likeness (QED) is 0.796. The molecule has 0 amide bonds. The highest BCUT2D eigenvalue weighted by molar-refractivity contribution is 7.91. The summed E-state index contributed by atoms with van der Waals surface area (Å²) >= 11 is 1.28. The maximum atomic E-state index is 12.0. The molecule has 0 spiro atoms. The Morgan fingerprint density at radius 2 is 2.21 bits per heavy atom. The topological polar surface area (TPSA) is 84.2 Å². The van der Waals surface area contributed by atoms with Crippen molar-refractivity contribution < 1.29 is 12.9 Å². The molecular weight excluding hydrogens is 286 g/mol. The molecule has 0 bridgehead atoms. The third-order valence-corrected chi connectivity index (χ3v) is 5.49.